The van der Waals surface area contributed by atoms with Gasteiger partial charge in [-0.1, -0.05) is 15.9 Å². The summed E-state index contributed by atoms with van der Waals surface area (Å²) in [6.45, 7) is 0. The third-order valence-corrected chi connectivity index (χ3v) is 3.68. The Morgan fingerprint density at radius 2 is 1.76 bits per heavy atom. The second-order valence-electron chi connectivity index (χ2n) is 4.09. The van der Waals surface area contributed by atoms with Crippen LogP contribution in [-0.2, 0) is 0 Å². The lowest BCUT2D eigenvalue weighted by molar-refractivity contribution is 0.353. The number of hydrogen-bond donors (Lipinski definition) is 1. The van der Waals surface area contributed by atoms with Crippen LogP contribution in [0.5, 0.6) is 11.5 Å². The van der Waals surface area contributed by atoms with Gasteiger partial charge in [-0.15, -0.1) is 12.4 Å². The highest BCUT2D eigenvalue weighted by molar-refractivity contribution is 9.10. The molecular formula is C12H17BrClNO2. The molecule has 1 aromatic rings. The largest absolute Gasteiger partial charge is 0.493 e. The number of rotatable bonds is 4. The average molecular weight is 323 g/mol. The Morgan fingerprint density at radius 1 is 1.24 bits per heavy atom. The lowest BCUT2D eigenvalue weighted by atomic mass is 10.0. The summed E-state index contributed by atoms with van der Waals surface area (Å²) in [5.41, 5.74) is 7.29. The van der Waals surface area contributed by atoms with E-state index in [-0.39, 0.29) is 18.4 Å². The Kier molecular flexibility index (Phi) is 5.10. The third-order valence-electron chi connectivity index (χ3n) is 2.99. The van der Waals surface area contributed by atoms with E-state index in [1.807, 2.05) is 12.1 Å². The predicted molar refractivity (Wildman–Crippen MR) is 74.1 cm³/mol. The van der Waals surface area contributed by atoms with Gasteiger partial charge in [0.1, 0.15) is 0 Å². The molecule has 3 nitrogen and oxygen atoms in total. The maximum Gasteiger partial charge on any atom is 0.161 e. The molecule has 2 rings (SSSR count). The van der Waals surface area contributed by atoms with E-state index in [1.54, 1.807) is 14.2 Å². The van der Waals surface area contributed by atoms with Gasteiger partial charge >= 0.3 is 0 Å². The molecule has 17 heavy (non-hydrogen) atoms. The van der Waals surface area contributed by atoms with Crippen LogP contribution < -0.4 is 15.2 Å². The smallest absolute Gasteiger partial charge is 0.161 e. The molecule has 0 aliphatic heterocycles. The van der Waals surface area contributed by atoms with Crippen LogP contribution in [0.3, 0.4) is 0 Å². The van der Waals surface area contributed by atoms with E-state index in [2.05, 4.69) is 15.9 Å². The van der Waals surface area contributed by atoms with Gasteiger partial charge in [-0.05, 0) is 36.5 Å². The fraction of sp³-hybridized carbons (Fsp3) is 0.500. The Morgan fingerprint density at radius 3 is 2.24 bits per heavy atom. The van der Waals surface area contributed by atoms with Gasteiger partial charge in [-0.25, -0.2) is 0 Å². The first-order valence-corrected chi connectivity index (χ1v) is 6.13. The van der Waals surface area contributed by atoms with Crippen molar-refractivity contribution in [1.82, 2.24) is 0 Å². The first-order valence-electron chi connectivity index (χ1n) is 5.34. The zero-order valence-electron chi connectivity index (χ0n) is 9.90. The number of methoxy groups -OCH3 is 2. The van der Waals surface area contributed by atoms with Crippen molar-refractivity contribution >= 4 is 28.3 Å². The molecule has 1 aromatic carbocycles. The minimum atomic E-state index is 0. The molecule has 1 atom stereocenters. The molecule has 1 saturated carbocycles. The summed E-state index contributed by atoms with van der Waals surface area (Å²) in [7, 11) is 3.27. The van der Waals surface area contributed by atoms with Crippen LogP contribution in [0, 0.1) is 5.92 Å². The van der Waals surface area contributed by atoms with Crippen LogP contribution >= 0.6 is 28.3 Å². The molecule has 2 N–H and O–H groups in total. The van der Waals surface area contributed by atoms with Gasteiger partial charge in [0.2, 0.25) is 0 Å². The Balaban J connectivity index is 0.00000144. The monoisotopic (exact) mass is 321 g/mol. The van der Waals surface area contributed by atoms with Crippen molar-refractivity contribution in [2.75, 3.05) is 14.2 Å². The summed E-state index contributed by atoms with van der Waals surface area (Å²) in [5, 5.41) is 0. The van der Waals surface area contributed by atoms with E-state index in [1.165, 1.54) is 12.8 Å². The molecule has 0 spiro atoms. The standard InChI is InChI=1S/C12H16BrNO2.ClH/c1-15-10-5-8(12(14)7-3-4-7)9(13)6-11(10)16-2;/h5-7,12H,3-4,14H2,1-2H3;1H/t12-;/m1./s1. The van der Waals surface area contributed by atoms with Crippen LogP contribution in [0.2, 0.25) is 0 Å². The molecular weight excluding hydrogens is 305 g/mol. The van der Waals surface area contributed by atoms with Crippen LogP contribution in [-0.4, -0.2) is 14.2 Å². The fourth-order valence-corrected chi connectivity index (χ4v) is 2.42. The summed E-state index contributed by atoms with van der Waals surface area (Å²) in [6.07, 6.45) is 2.45. The maximum atomic E-state index is 6.19. The van der Waals surface area contributed by atoms with Gasteiger partial charge in [0.15, 0.2) is 11.5 Å². The number of nitrogens with two attached hydrogens (primary N) is 1. The summed E-state index contributed by atoms with van der Waals surface area (Å²) in [6, 6.07) is 3.97. The van der Waals surface area contributed by atoms with Gasteiger partial charge in [0, 0.05) is 10.5 Å². The Labute approximate surface area is 116 Å². The van der Waals surface area contributed by atoms with Crippen molar-refractivity contribution in [3.05, 3.63) is 22.2 Å². The van der Waals surface area contributed by atoms with Crippen molar-refractivity contribution in [3.8, 4) is 11.5 Å². The van der Waals surface area contributed by atoms with Crippen molar-refractivity contribution in [2.24, 2.45) is 11.7 Å². The number of benzene rings is 1. The summed E-state index contributed by atoms with van der Waals surface area (Å²) in [5.74, 6) is 2.08. The Hall–Kier alpha value is -0.450. The van der Waals surface area contributed by atoms with E-state index < -0.39 is 0 Å². The third kappa shape index (κ3) is 3.06. The highest BCUT2D eigenvalue weighted by atomic mass is 79.9. The van der Waals surface area contributed by atoms with Crippen LogP contribution in [0.1, 0.15) is 24.4 Å². The number of halogens is 2. The quantitative estimate of drug-likeness (QED) is 0.925. The number of hydrogen-bond acceptors (Lipinski definition) is 3. The highest BCUT2D eigenvalue weighted by Gasteiger charge is 2.31. The van der Waals surface area contributed by atoms with Crippen LogP contribution in [0.15, 0.2) is 16.6 Å². The minimum absolute atomic E-state index is 0. The van der Waals surface area contributed by atoms with E-state index in [9.17, 15) is 0 Å². The molecule has 96 valence electrons. The molecule has 1 aliphatic carbocycles. The van der Waals surface area contributed by atoms with E-state index in [0.717, 1.165) is 21.5 Å². The van der Waals surface area contributed by atoms with Gasteiger partial charge in [-0.2, -0.15) is 0 Å². The van der Waals surface area contributed by atoms with E-state index >= 15 is 0 Å². The molecule has 0 heterocycles. The lowest BCUT2D eigenvalue weighted by Gasteiger charge is -2.16. The predicted octanol–water partition coefficient (Wildman–Crippen LogP) is 3.30. The van der Waals surface area contributed by atoms with E-state index in [0.29, 0.717) is 5.92 Å². The van der Waals surface area contributed by atoms with Crippen LogP contribution in [0.25, 0.3) is 0 Å². The van der Waals surface area contributed by atoms with Crippen molar-refractivity contribution in [3.63, 3.8) is 0 Å². The zero-order valence-corrected chi connectivity index (χ0v) is 12.3. The Bertz CT molecular complexity index is 396. The van der Waals surface area contributed by atoms with Gasteiger partial charge in [-0.3, -0.25) is 0 Å². The normalized spacial score (nSPS) is 16.0. The molecule has 0 bridgehead atoms. The number of ether oxygens (including phenoxy) is 2. The summed E-state index contributed by atoms with van der Waals surface area (Å²) >= 11 is 3.53. The second kappa shape index (κ2) is 5.94. The molecule has 0 saturated heterocycles. The van der Waals surface area contributed by atoms with Crippen molar-refractivity contribution in [1.29, 1.82) is 0 Å². The van der Waals surface area contributed by atoms with Crippen molar-refractivity contribution in [2.45, 2.75) is 18.9 Å². The molecule has 0 amide bonds. The van der Waals surface area contributed by atoms with E-state index in [4.69, 9.17) is 15.2 Å². The van der Waals surface area contributed by atoms with Crippen molar-refractivity contribution < 1.29 is 9.47 Å². The van der Waals surface area contributed by atoms with Gasteiger partial charge < -0.3 is 15.2 Å². The lowest BCUT2D eigenvalue weighted by Crippen LogP contribution is -2.13. The topological polar surface area (TPSA) is 44.5 Å². The first kappa shape index (κ1) is 14.6. The molecule has 1 aliphatic rings. The molecule has 5 heteroatoms. The first-order chi connectivity index (χ1) is 7.67. The molecule has 0 unspecified atom stereocenters. The SMILES string of the molecule is COc1cc(Br)c([C@H](N)C2CC2)cc1OC.Cl. The zero-order chi connectivity index (χ0) is 11.7. The summed E-state index contributed by atoms with van der Waals surface area (Å²) < 4.78 is 11.5. The molecule has 0 aromatic heterocycles. The van der Waals surface area contributed by atoms with Gasteiger partial charge in [0.25, 0.3) is 0 Å². The van der Waals surface area contributed by atoms with Gasteiger partial charge in [0.05, 0.1) is 14.2 Å². The fourth-order valence-electron chi connectivity index (χ4n) is 1.83. The summed E-state index contributed by atoms with van der Waals surface area (Å²) in [4.78, 5) is 0. The molecule has 1 fully saturated rings. The minimum Gasteiger partial charge on any atom is -0.493 e. The maximum absolute atomic E-state index is 6.19. The average Bonchev–Trinajstić information content (AvgIpc) is 3.11. The highest BCUT2D eigenvalue weighted by Crippen LogP contribution is 2.44. The molecule has 0 radical (unpaired) electrons. The van der Waals surface area contributed by atoms with Crippen LogP contribution in [0.4, 0.5) is 0 Å². The second-order valence-corrected chi connectivity index (χ2v) is 4.95.